The van der Waals surface area contributed by atoms with Crippen molar-refractivity contribution in [1.82, 2.24) is 0 Å². The first-order valence-electron chi connectivity index (χ1n) is 7.38. The van der Waals surface area contributed by atoms with Crippen LogP contribution in [0, 0.1) is 0 Å². The molecule has 1 rings (SSSR count). The molecule has 0 spiro atoms. The molecule has 1 aromatic carbocycles. The third kappa shape index (κ3) is 8.99. The summed E-state index contributed by atoms with van der Waals surface area (Å²) >= 11 is 5.99. The van der Waals surface area contributed by atoms with Crippen LogP contribution < -0.4 is 5.32 Å². The minimum Gasteiger partial charge on any atom is -0.461 e. The Morgan fingerprint density at radius 1 is 1.04 bits per heavy atom. The minimum absolute atomic E-state index is 0.0389. The van der Waals surface area contributed by atoms with Crippen LogP contribution in [0.15, 0.2) is 24.3 Å². The monoisotopic (exact) mass is 480 g/mol. The fourth-order valence-corrected chi connectivity index (χ4v) is 1.87. The Kier molecular flexibility index (Phi) is 8.54. The molecule has 1 amide bonds. The Bertz CT molecular complexity index is 610. The van der Waals surface area contributed by atoms with Crippen molar-refractivity contribution in [2.45, 2.75) is 30.1 Å². The maximum Gasteiger partial charge on any atom is 0.518 e. The van der Waals surface area contributed by atoms with Crippen LogP contribution in [-0.4, -0.2) is 40.6 Å². The first-order valence-corrected chi connectivity index (χ1v) is 9.21. The van der Waals surface area contributed by atoms with E-state index in [0.717, 1.165) is 0 Å². The third-order valence-corrected chi connectivity index (χ3v) is 3.32. The first kappa shape index (κ1) is 21.6. The average Bonchev–Trinajstić information content (AvgIpc) is 2.49. The number of halogens is 2. The Balaban J connectivity index is 2.43. The van der Waals surface area contributed by atoms with Gasteiger partial charge in [0.25, 0.3) is 0 Å². The van der Waals surface area contributed by atoms with Crippen molar-refractivity contribution < 1.29 is 33.9 Å². The van der Waals surface area contributed by atoms with Crippen molar-refractivity contribution in [3.05, 3.63) is 29.8 Å². The molecule has 0 heterocycles. The molecule has 0 aliphatic heterocycles. The Morgan fingerprint density at radius 2 is 1.60 bits per heavy atom. The summed E-state index contributed by atoms with van der Waals surface area (Å²) in [5.41, 5.74) is 0.372. The van der Waals surface area contributed by atoms with E-state index in [4.69, 9.17) is 14.2 Å². The van der Waals surface area contributed by atoms with Gasteiger partial charge in [-0.3, -0.25) is 0 Å². The number of hydrogen-bond acceptors (Lipinski definition) is 6. The Labute approximate surface area is 162 Å². The summed E-state index contributed by atoms with van der Waals surface area (Å²) in [5.74, 6) is -1.05. The summed E-state index contributed by atoms with van der Waals surface area (Å²) in [7, 11) is 0. The number of amides is 1. The largest absolute Gasteiger partial charge is 0.518 e. The van der Waals surface area contributed by atoms with E-state index >= 15 is 0 Å². The lowest BCUT2D eigenvalue weighted by atomic mass is 10.2. The molecule has 0 saturated carbocycles. The number of quaternary nitrogens is 1. The van der Waals surface area contributed by atoms with Crippen LogP contribution in [0.25, 0.3) is 0 Å². The normalized spacial score (nSPS) is 11.1. The summed E-state index contributed by atoms with van der Waals surface area (Å²) in [5, 5.41) is 1.34. The van der Waals surface area contributed by atoms with Crippen molar-refractivity contribution >= 4 is 55.6 Å². The van der Waals surface area contributed by atoms with E-state index in [0.29, 0.717) is 11.3 Å². The van der Waals surface area contributed by atoms with Gasteiger partial charge in [-0.1, -0.05) is 31.9 Å². The highest BCUT2D eigenvalue weighted by atomic mass is 79.9. The van der Waals surface area contributed by atoms with Crippen molar-refractivity contribution in [3.63, 3.8) is 0 Å². The SMILES string of the molecule is CC(C)(C)OC(=O)[NH2+]c1ccc(C(=O)OCCOC(=O)C(Br)Br)cc1. The molecule has 0 radical (unpaired) electrons. The minimum atomic E-state index is -0.593. The number of ether oxygens (including phenoxy) is 3. The second kappa shape index (κ2) is 9.88. The van der Waals surface area contributed by atoms with Gasteiger partial charge >= 0.3 is 18.0 Å². The van der Waals surface area contributed by atoms with E-state index in [2.05, 4.69) is 31.9 Å². The number of benzene rings is 1. The molecule has 0 unspecified atom stereocenters. The fourth-order valence-electron chi connectivity index (χ4n) is 1.61. The fraction of sp³-hybridized carbons (Fsp3) is 0.438. The number of esters is 2. The van der Waals surface area contributed by atoms with Gasteiger partial charge < -0.3 is 14.2 Å². The number of carbonyl (C=O) groups excluding carboxylic acids is 3. The van der Waals surface area contributed by atoms with Crippen LogP contribution in [-0.2, 0) is 19.0 Å². The van der Waals surface area contributed by atoms with Gasteiger partial charge in [-0.15, -0.1) is 0 Å². The molecule has 1 aromatic rings. The van der Waals surface area contributed by atoms with Crippen molar-refractivity contribution in [1.29, 1.82) is 0 Å². The summed E-state index contributed by atoms with van der Waals surface area (Å²) in [6.07, 6.45) is -0.457. The highest BCUT2D eigenvalue weighted by Gasteiger charge is 2.20. The van der Waals surface area contributed by atoms with Gasteiger partial charge in [-0.25, -0.2) is 14.9 Å². The van der Waals surface area contributed by atoms with Gasteiger partial charge in [0.05, 0.1) is 5.56 Å². The van der Waals surface area contributed by atoms with E-state index in [9.17, 15) is 14.4 Å². The highest BCUT2D eigenvalue weighted by Crippen LogP contribution is 2.10. The number of alkyl halides is 2. The molecule has 0 bridgehead atoms. The number of nitrogens with two attached hydrogens (primary N) is 1. The number of hydrogen-bond donors (Lipinski definition) is 1. The molecule has 9 heteroatoms. The number of carbonyl (C=O) groups is 3. The van der Waals surface area contributed by atoms with Crippen molar-refractivity contribution in [2.75, 3.05) is 13.2 Å². The molecule has 25 heavy (non-hydrogen) atoms. The smallest absolute Gasteiger partial charge is 0.461 e. The van der Waals surface area contributed by atoms with E-state index in [1.165, 1.54) is 17.4 Å². The molecule has 0 saturated heterocycles. The summed E-state index contributed by atoms with van der Waals surface area (Å²) in [4.78, 5) is 34.7. The molecular weight excluding hydrogens is 462 g/mol. The Morgan fingerprint density at radius 3 is 2.12 bits per heavy atom. The first-order chi connectivity index (χ1) is 11.6. The molecule has 0 aromatic heterocycles. The Hall–Kier alpha value is -1.45. The zero-order chi connectivity index (χ0) is 19.0. The standard InChI is InChI=1S/C16H19Br2NO6/c1-16(2,3)25-15(22)19-11-6-4-10(5-7-11)13(20)23-8-9-24-14(21)12(17)18/h4-7,12H,8-9H2,1-3H3,(H,19,22)/p+1. The summed E-state index contributed by atoms with van der Waals surface area (Å²) in [6.45, 7) is 5.26. The zero-order valence-corrected chi connectivity index (χ0v) is 17.3. The van der Waals surface area contributed by atoms with Gasteiger partial charge in [-0.2, -0.15) is 4.79 Å². The number of primary amides is 1. The average molecular weight is 482 g/mol. The second-order valence-electron chi connectivity index (χ2n) is 5.90. The second-order valence-corrected chi connectivity index (χ2v) is 8.96. The van der Waals surface area contributed by atoms with E-state index in [-0.39, 0.29) is 13.2 Å². The van der Waals surface area contributed by atoms with Crippen LogP contribution in [0.3, 0.4) is 0 Å². The van der Waals surface area contributed by atoms with E-state index in [1.54, 1.807) is 32.9 Å². The molecule has 2 N–H and O–H groups in total. The van der Waals surface area contributed by atoms with Crippen molar-refractivity contribution in [2.24, 2.45) is 0 Å². The van der Waals surface area contributed by atoms with Gasteiger partial charge in [0.15, 0.2) is 3.74 Å². The zero-order valence-electron chi connectivity index (χ0n) is 14.1. The molecule has 0 atom stereocenters. The summed E-state index contributed by atoms with van der Waals surface area (Å²) < 4.78 is 14.4. The molecule has 0 aliphatic carbocycles. The molecule has 138 valence electrons. The van der Waals surface area contributed by atoms with Gasteiger partial charge in [0.2, 0.25) is 0 Å². The lowest BCUT2D eigenvalue weighted by Crippen LogP contribution is -2.83. The molecule has 0 fully saturated rings. The maximum absolute atomic E-state index is 11.9. The lowest BCUT2D eigenvalue weighted by molar-refractivity contribution is -0.486. The third-order valence-electron chi connectivity index (χ3n) is 2.58. The van der Waals surface area contributed by atoms with Crippen LogP contribution in [0.5, 0.6) is 0 Å². The molecular formula is C16H20Br2NO6+. The van der Waals surface area contributed by atoms with Crippen LogP contribution in [0.2, 0.25) is 0 Å². The quantitative estimate of drug-likeness (QED) is 0.220. The van der Waals surface area contributed by atoms with Crippen LogP contribution in [0.4, 0.5) is 10.5 Å². The van der Waals surface area contributed by atoms with Crippen LogP contribution in [0.1, 0.15) is 31.1 Å². The topological polar surface area (TPSA) is 95.5 Å². The van der Waals surface area contributed by atoms with E-state index in [1.807, 2.05) is 0 Å². The van der Waals surface area contributed by atoms with Crippen molar-refractivity contribution in [3.8, 4) is 0 Å². The lowest BCUT2D eigenvalue weighted by Gasteiger charge is -2.16. The maximum atomic E-state index is 11.9. The van der Waals surface area contributed by atoms with Gasteiger partial charge in [0, 0.05) is 12.1 Å². The predicted molar refractivity (Wildman–Crippen MR) is 97.1 cm³/mol. The van der Waals surface area contributed by atoms with E-state index < -0.39 is 27.4 Å². The highest BCUT2D eigenvalue weighted by molar-refractivity contribution is 9.25. The molecule has 7 nitrogen and oxygen atoms in total. The van der Waals surface area contributed by atoms with Gasteiger partial charge in [0.1, 0.15) is 24.5 Å². The van der Waals surface area contributed by atoms with Gasteiger partial charge in [-0.05, 0) is 32.9 Å². The number of rotatable bonds is 6. The predicted octanol–water partition coefficient (Wildman–Crippen LogP) is 2.63. The molecule has 0 aliphatic rings. The van der Waals surface area contributed by atoms with Crippen LogP contribution >= 0.6 is 31.9 Å². The summed E-state index contributed by atoms with van der Waals surface area (Å²) in [6, 6.07) is 6.30.